The van der Waals surface area contributed by atoms with Crippen LogP contribution in [0.4, 0.5) is 10.5 Å². The van der Waals surface area contributed by atoms with E-state index in [0.717, 1.165) is 53.9 Å². The lowest BCUT2D eigenvalue weighted by molar-refractivity contribution is -0.0289. The standard InChI is InChI=1S/C19H21BrN2O2S/c20-18-6-5-15(25-18)11-14-3-1-2-4-16(14)21-19(23)24-17-12-22-9-7-13(17)8-10-22/h1-6,13,17H,7-12H2,(H,21,23). The molecule has 3 aliphatic rings. The van der Waals surface area contributed by atoms with Crippen LogP contribution in [0, 0.1) is 5.92 Å². The molecule has 0 aliphatic carbocycles. The predicted molar refractivity (Wildman–Crippen MR) is 104 cm³/mol. The van der Waals surface area contributed by atoms with Gasteiger partial charge in [-0.15, -0.1) is 11.3 Å². The van der Waals surface area contributed by atoms with Crippen molar-refractivity contribution in [1.29, 1.82) is 0 Å². The molecule has 0 saturated carbocycles. The summed E-state index contributed by atoms with van der Waals surface area (Å²) in [5, 5.41) is 2.96. The molecule has 1 aromatic heterocycles. The maximum absolute atomic E-state index is 12.4. The van der Waals surface area contributed by atoms with E-state index in [0.29, 0.717) is 5.92 Å². The molecule has 0 spiro atoms. The Morgan fingerprint density at radius 1 is 1.24 bits per heavy atom. The van der Waals surface area contributed by atoms with Crippen LogP contribution in [-0.4, -0.2) is 36.7 Å². The van der Waals surface area contributed by atoms with Crippen molar-refractivity contribution in [2.75, 3.05) is 25.0 Å². The van der Waals surface area contributed by atoms with Crippen LogP contribution in [0.1, 0.15) is 23.3 Å². The molecule has 5 rings (SSSR count). The van der Waals surface area contributed by atoms with Gasteiger partial charge in [0, 0.05) is 23.5 Å². The van der Waals surface area contributed by atoms with Crippen molar-refractivity contribution in [2.45, 2.75) is 25.4 Å². The van der Waals surface area contributed by atoms with Gasteiger partial charge in [-0.25, -0.2) is 4.79 Å². The van der Waals surface area contributed by atoms with Crippen LogP contribution >= 0.6 is 27.3 Å². The van der Waals surface area contributed by atoms with Crippen molar-refractivity contribution in [3.8, 4) is 0 Å². The number of hydrogen-bond acceptors (Lipinski definition) is 4. The number of piperidine rings is 3. The van der Waals surface area contributed by atoms with E-state index in [1.54, 1.807) is 11.3 Å². The number of rotatable bonds is 4. The molecule has 3 aliphatic heterocycles. The number of carbonyl (C=O) groups excluding carboxylic acids is 1. The summed E-state index contributed by atoms with van der Waals surface area (Å²) in [6.45, 7) is 3.17. The molecule has 1 atom stereocenters. The number of nitrogens with one attached hydrogen (secondary N) is 1. The fourth-order valence-electron chi connectivity index (χ4n) is 3.75. The lowest BCUT2D eigenvalue weighted by Gasteiger charge is -2.43. The minimum atomic E-state index is -0.335. The number of amides is 1. The van der Waals surface area contributed by atoms with E-state index in [-0.39, 0.29) is 12.2 Å². The van der Waals surface area contributed by atoms with Crippen molar-refractivity contribution in [3.05, 3.63) is 50.6 Å². The molecule has 2 aromatic rings. The third kappa shape index (κ3) is 4.07. The maximum Gasteiger partial charge on any atom is 0.411 e. The molecule has 25 heavy (non-hydrogen) atoms. The molecule has 1 aromatic carbocycles. The van der Waals surface area contributed by atoms with Crippen LogP contribution < -0.4 is 5.32 Å². The van der Waals surface area contributed by atoms with Gasteiger partial charge in [0.05, 0.1) is 3.79 Å². The van der Waals surface area contributed by atoms with E-state index in [1.807, 2.05) is 18.2 Å². The summed E-state index contributed by atoms with van der Waals surface area (Å²) < 4.78 is 6.86. The second-order valence-electron chi connectivity index (χ2n) is 6.75. The van der Waals surface area contributed by atoms with Gasteiger partial charge in [0.2, 0.25) is 0 Å². The smallest absolute Gasteiger partial charge is 0.411 e. The molecule has 4 nitrogen and oxygen atoms in total. The highest BCUT2D eigenvalue weighted by atomic mass is 79.9. The first kappa shape index (κ1) is 17.1. The van der Waals surface area contributed by atoms with Gasteiger partial charge >= 0.3 is 6.09 Å². The summed E-state index contributed by atoms with van der Waals surface area (Å²) in [5.41, 5.74) is 1.93. The number of thiophene rings is 1. The number of fused-ring (bicyclic) bond motifs is 3. The summed E-state index contributed by atoms with van der Waals surface area (Å²) in [6, 6.07) is 12.1. The fraction of sp³-hybridized carbons (Fsp3) is 0.421. The second kappa shape index (κ2) is 7.48. The number of para-hydroxylation sites is 1. The van der Waals surface area contributed by atoms with Crippen LogP contribution in [-0.2, 0) is 11.2 Å². The highest BCUT2D eigenvalue weighted by Crippen LogP contribution is 2.30. The number of nitrogens with zero attached hydrogens (tertiary/aromatic N) is 1. The first-order chi connectivity index (χ1) is 12.2. The van der Waals surface area contributed by atoms with Gasteiger partial charge < -0.3 is 4.74 Å². The Hall–Kier alpha value is -1.37. The Morgan fingerprint density at radius 2 is 2.04 bits per heavy atom. The van der Waals surface area contributed by atoms with Gasteiger partial charge in [0.25, 0.3) is 0 Å². The quantitative estimate of drug-likeness (QED) is 0.775. The zero-order valence-electron chi connectivity index (χ0n) is 13.9. The molecule has 1 unspecified atom stereocenters. The van der Waals surface area contributed by atoms with Gasteiger partial charge in [-0.3, -0.25) is 10.2 Å². The zero-order valence-corrected chi connectivity index (χ0v) is 16.3. The number of carbonyl (C=O) groups is 1. The SMILES string of the molecule is O=C(Nc1ccccc1Cc1ccc(Br)s1)OC1CN2CCC1CC2. The van der Waals surface area contributed by atoms with E-state index in [9.17, 15) is 4.79 Å². The molecular formula is C19H21BrN2O2S. The molecule has 3 fully saturated rings. The van der Waals surface area contributed by atoms with Crippen LogP contribution in [0.2, 0.25) is 0 Å². The average molecular weight is 421 g/mol. The summed E-state index contributed by atoms with van der Waals surface area (Å²) in [4.78, 5) is 16.1. The van der Waals surface area contributed by atoms with Gasteiger partial charge in [0.15, 0.2) is 0 Å². The van der Waals surface area contributed by atoms with Crippen molar-refractivity contribution in [3.63, 3.8) is 0 Å². The summed E-state index contributed by atoms with van der Waals surface area (Å²) >= 11 is 5.21. The first-order valence-corrected chi connectivity index (χ1v) is 10.3. The van der Waals surface area contributed by atoms with Gasteiger partial charge in [-0.05, 0) is 71.5 Å². The van der Waals surface area contributed by atoms with Crippen molar-refractivity contribution in [2.24, 2.45) is 5.92 Å². The summed E-state index contributed by atoms with van der Waals surface area (Å²) in [6.07, 6.45) is 2.78. The van der Waals surface area contributed by atoms with E-state index in [2.05, 4.69) is 44.3 Å². The number of ether oxygens (including phenoxy) is 1. The Bertz CT molecular complexity index is 755. The van der Waals surface area contributed by atoms with Crippen LogP contribution in [0.3, 0.4) is 0 Å². The molecule has 6 heteroatoms. The molecule has 3 saturated heterocycles. The van der Waals surface area contributed by atoms with Crippen molar-refractivity contribution >= 4 is 39.0 Å². The normalized spacial score (nSPS) is 24.9. The summed E-state index contributed by atoms with van der Waals surface area (Å²) in [7, 11) is 0. The van der Waals surface area contributed by atoms with Crippen LogP contribution in [0.5, 0.6) is 0 Å². The Morgan fingerprint density at radius 3 is 2.72 bits per heavy atom. The number of hydrogen-bond donors (Lipinski definition) is 1. The Labute approximate surface area is 160 Å². The third-order valence-electron chi connectivity index (χ3n) is 5.10. The first-order valence-electron chi connectivity index (χ1n) is 8.69. The minimum absolute atomic E-state index is 0.0305. The highest BCUT2D eigenvalue weighted by molar-refractivity contribution is 9.11. The van der Waals surface area contributed by atoms with Gasteiger partial charge in [0.1, 0.15) is 6.10 Å². The molecule has 2 bridgehead atoms. The molecule has 1 N–H and O–H groups in total. The lowest BCUT2D eigenvalue weighted by Crippen LogP contribution is -2.52. The van der Waals surface area contributed by atoms with Gasteiger partial charge in [-0.2, -0.15) is 0 Å². The molecule has 4 heterocycles. The minimum Gasteiger partial charge on any atom is -0.444 e. The number of anilines is 1. The average Bonchev–Trinajstić information content (AvgIpc) is 3.02. The van der Waals surface area contributed by atoms with E-state index in [4.69, 9.17) is 4.74 Å². The lowest BCUT2D eigenvalue weighted by atomic mass is 9.86. The van der Waals surface area contributed by atoms with Crippen LogP contribution in [0.25, 0.3) is 0 Å². The second-order valence-corrected chi connectivity index (χ2v) is 9.29. The number of benzene rings is 1. The third-order valence-corrected chi connectivity index (χ3v) is 6.73. The van der Waals surface area contributed by atoms with E-state index >= 15 is 0 Å². The Balaban J connectivity index is 1.41. The van der Waals surface area contributed by atoms with Crippen LogP contribution in [0.15, 0.2) is 40.2 Å². The van der Waals surface area contributed by atoms with E-state index < -0.39 is 0 Å². The highest BCUT2D eigenvalue weighted by Gasteiger charge is 2.36. The molecular weight excluding hydrogens is 400 g/mol. The maximum atomic E-state index is 12.4. The molecule has 0 radical (unpaired) electrons. The van der Waals surface area contributed by atoms with Crippen molar-refractivity contribution in [1.82, 2.24) is 4.90 Å². The Kier molecular flexibility index (Phi) is 5.10. The van der Waals surface area contributed by atoms with Crippen molar-refractivity contribution < 1.29 is 9.53 Å². The number of halogens is 1. The van der Waals surface area contributed by atoms with E-state index in [1.165, 1.54) is 4.88 Å². The fourth-order valence-corrected chi connectivity index (χ4v) is 5.26. The molecule has 132 valence electrons. The topological polar surface area (TPSA) is 41.6 Å². The monoisotopic (exact) mass is 420 g/mol. The zero-order chi connectivity index (χ0) is 17.2. The predicted octanol–water partition coefficient (Wildman–Crippen LogP) is 4.74. The summed E-state index contributed by atoms with van der Waals surface area (Å²) in [5.74, 6) is 0.523. The molecule has 1 amide bonds. The van der Waals surface area contributed by atoms with Gasteiger partial charge in [-0.1, -0.05) is 18.2 Å². The largest absolute Gasteiger partial charge is 0.444 e.